The minimum Gasteiger partial charge on any atom is -0.507 e. The maximum atomic E-state index is 13.3. The number of aliphatic hydroxyl groups excluding tert-OH is 1. The van der Waals surface area contributed by atoms with Crippen molar-refractivity contribution in [3.63, 3.8) is 0 Å². The van der Waals surface area contributed by atoms with Gasteiger partial charge in [-0.2, -0.15) is 0 Å². The number of carbonyl (C=O) groups is 2. The van der Waals surface area contributed by atoms with Gasteiger partial charge in [0, 0.05) is 21.7 Å². The van der Waals surface area contributed by atoms with Crippen molar-refractivity contribution >= 4 is 34.5 Å². The van der Waals surface area contributed by atoms with E-state index in [0.29, 0.717) is 17.9 Å². The van der Waals surface area contributed by atoms with Crippen LogP contribution >= 0.6 is 11.3 Å². The number of para-hydroxylation sites is 1. The Morgan fingerprint density at radius 2 is 1.79 bits per heavy atom. The summed E-state index contributed by atoms with van der Waals surface area (Å²) in [6, 6.07) is 15.8. The number of Topliss-reactive ketones (excluding diaryl/α,β-unsaturated/α-hetero) is 1. The van der Waals surface area contributed by atoms with Crippen molar-refractivity contribution < 1.29 is 19.4 Å². The van der Waals surface area contributed by atoms with Crippen molar-refractivity contribution in [1.29, 1.82) is 0 Å². The number of hydrogen-bond acceptors (Lipinski definition) is 5. The zero-order valence-corrected chi connectivity index (χ0v) is 20.9. The van der Waals surface area contributed by atoms with E-state index < -0.39 is 17.7 Å². The molecule has 1 aliphatic rings. The zero-order valence-electron chi connectivity index (χ0n) is 20.1. The van der Waals surface area contributed by atoms with Crippen LogP contribution in [-0.2, 0) is 15.0 Å². The summed E-state index contributed by atoms with van der Waals surface area (Å²) in [5.41, 5.74) is 2.83. The first-order valence-corrected chi connectivity index (χ1v) is 12.2. The number of nitrogens with zero attached hydrogens (tertiary/aromatic N) is 1. The number of anilines is 1. The maximum absolute atomic E-state index is 13.3. The molecule has 176 valence electrons. The summed E-state index contributed by atoms with van der Waals surface area (Å²) in [6.07, 6.45) is 0. The molecule has 5 nitrogen and oxygen atoms in total. The summed E-state index contributed by atoms with van der Waals surface area (Å²) in [5, 5.41) is 13.4. The van der Waals surface area contributed by atoms with E-state index >= 15 is 0 Å². The maximum Gasteiger partial charge on any atom is 0.300 e. The Morgan fingerprint density at radius 1 is 1.09 bits per heavy atom. The largest absolute Gasteiger partial charge is 0.507 e. The smallest absolute Gasteiger partial charge is 0.300 e. The van der Waals surface area contributed by atoms with Gasteiger partial charge in [0.15, 0.2) is 0 Å². The fraction of sp³-hybridized carbons (Fsp3) is 0.286. The molecule has 1 N–H and O–H groups in total. The second-order valence-corrected chi connectivity index (χ2v) is 10.3. The van der Waals surface area contributed by atoms with Gasteiger partial charge < -0.3 is 9.84 Å². The number of hydrogen-bond donors (Lipinski definition) is 1. The molecule has 1 saturated heterocycles. The molecule has 4 rings (SSSR count). The average Bonchev–Trinajstić information content (AvgIpc) is 3.34. The van der Waals surface area contributed by atoms with E-state index in [2.05, 4.69) is 20.8 Å². The van der Waals surface area contributed by atoms with E-state index in [9.17, 15) is 14.7 Å². The SMILES string of the molecule is CCOc1ccc(/C(O)=C2/C(=O)C(=O)N(c3ccccc3)C2c2sccc2C)cc1C(C)(C)C. The van der Waals surface area contributed by atoms with Crippen LogP contribution in [0.3, 0.4) is 0 Å². The lowest BCUT2D eigenvalue weighted by atomic mass is 9.84. The van der Waals surface area contributed by atoms with Crippen molar-refractivity contribution in [3.8, 4) is 5.75 Å². The number of ketones is 1. The fourth-order valence-electron chi connectivity index (χ4n) is 4.30. The number of benzene rings is 2. The number of aliphatic hydroxyl groups is 1. The molecule has 2 aromatic carbocycles. The topological polar surface area (TPSA) is 66.8 Å². The molecule has 6 heteroatoms. The minimum absolute atomic E-state index is 0.100. The highest BCUT2D eigenvalue weighted by Crippen LogP contribution is 2.45. The molecule has 1 atom stereocenters. The molecule has 0 saturated carbocycles. The van der Waals surface area contributed by atoms with Crippen molar-refractivity contribution in [2.24, 2.45) is 0 Å². The molecule has 0 spiro atoms. The van der Waals surface area contributed by atoms with Gasteiger partial charge in [-0.15, -0.1) is 11.3 Å². The van der Waals surface area contributed by atoms with Crippen LogP contribution in [0.2, 0.25) is 0 Å². The first-order valence-electron chi connectivity index (χ1n) is 11.3. The summed E-state index contributed by atoms with van der Waals surface area (Å²) >= 11 is 1.47. The molecular formula is C28H29NO4S. The van der Waals surface area contributed by atoms with Gasteiger partial charge in [0.25, 0.3) is 11.7 Å². The van der Waals surface area contributed by atoms with Gasteiger partial charge in [0.2, 0.25) is 0 Å². The Hall–Kier alpha value is -3.38. The van der Waals surface area contributed by atoms with Crippen LogP contribution in [0.4, 0.5) is 5.69 Å². The van der Waals surface area contributed by atoms with Gasteiger partial charge in [-0.3, -0.25) is 14.5 Å². The summed E-state index contributed by atoms with van der Waals surface area (Å²) in [6.45, 7) is 10.6. The highest BCUT2D eigenvalue weighted by atomic mass is 32.1. The van der Waals surface area contributed by atoms with Gasteiger partial charge in [0.1, 0.15) is 17.6 Å². The second kappa shape index (κ2) is 9.11. The highest BCUT2D eigenvalue weighted by Gasteiger charge is 2.48. The first kappa shape index (κ1) is 23.8. The van der Waals surface area contributed by atoms with Crippen LogP contribution in [0, 0.1) is 6.92 Å². The lowest BCUT2D eigenvalue weighted by Gasteiger charge is -2.25. The van der Waals surface area contributed by atoms with E-state index in [1.807, 2.05) is 55.6 Å². The van der Waals surface area contributed by atoms with Crippen molar-refractivity contribution in [3.05, 3.63) is 87.1 Å². The number of thiophene rings is 1. The molecular weight excluding hydrogens is 446 g/mol. The Balaban J connectivity index is 1.94. The van der Waals surface area contributed by atoms with Gasteiger partial charge in [-0.25, -0.2) is 0 Å². The summed E-state index contributed by atoms with van der Waals surface area (Å²) in [7, 11) is 0. The van der Waals surface area contributed by atoms with Crippen LogP contribution < -0.4 is 9.64 Å². The van der Waals surface area contributed by atoms with Gasteiger partial charge in [-0.1, -0.05) is 39.0 Å². The molecule has 3 aromatic rings. The fourth-order valence-corrected chi connectivity index (χ4v) is 5.33. The lowest BCUT2D eigenvalue weighted by molar-refractivity contribution is -0.132. The van der Waals surface area contributed by atoms with Crippen LogP contribution in [-0.4, -0.2) is 23.4 Å². The number of amides is 1. The Kier molecular flexibility index (Phi) is 6.36. The summed E-state index contributed by atoms with van der Waals surface area (Å²) in [5.74, 6) is -0.775. The predicted octanol–water partition coefficient (Wildman–Crippen LogP) is 6.38. The zero-order chi connectivity index (χ0) is 24.6. The van der Waals surface area contributed by atoms with Crippen LogP contribution in [0.5, 0.6) is 5.75 Å². The quantitative estimate of drug-likeness (QED) is 0.264. The van der Waals surface area contributed by atoms with Crippen LogP contribution in [0.1, 0.15) is 55.3 Å². The molecule has 1 unspecified atom stereocenters. The minimum atomic E-state index is -0.702. The normalized spacial score (nSPS) is 17.9. The Morgan fingerprint density at radius 3 is 2.38 bits per heavy atom. The van der Waals surface area contributed by atoms with Crippen molar-refractivity contribution in [2.45, 2.75) is 46.1 Å². The highest BCUT2D eigenvalue weighted by molar-refractivity contribution is 7.10. The molecule has 2 heterocycles. The van der Waals surface area contributed by atoms with Gasteiger partial charge in [-0.05, 0) is 66.6 Å². The third-order valence-electron chi connectivity index (χ3n) is 5.99. The lowest BCUT2D eigenvalue weighted by Crippen LogP contribution is -2.29. The van der Waals surface area contributed by atoms with E-state index in [0.717, 1.165) is 21.8 Å². The molecule has 0 radical (unpaired) electrons. The van der Waals surface area contributed by atoms with E-state index in [-0.39, 0.29) is 16.7 Å². The number of rotatable bonds is 5. The molecule has 34 heavy (non-hydrogen) atoms. The van der Waals surface area contributed by atoms with Crippen molar-refractivity contribution in [1.82, 2.24) is 0 Å². The second-order valence-electron chi connectivity index (χ2n) is 9.37. The molecule has 1 amide bonds. The van der Waals surface area contributed by atoms with Gasteiger partial charge in [0.05, 0.1) is 12.2 Å². The number of ether oxygens (including phenoxy) is 1. The third-order valence-corrected chi connectivity index (χ3v) is 7.06. The van der Waals surface area contributed by atoms with Gasteiger partial charge >= 0.3 is 0 Å². The molecule has 1 aliphatic heterocycles. The van der Waals surface area contributed by atoms with E-state index in [4.69, 9.17) is 4.74 Å². The van der Waals surface area contributed by atoms with E-state index in [1.165, 1.54) is 16.2 Å². The molecule has 1 fully saturated rings. The third kappa shape index (κ3) is 4.14. The standard InChI is InChI=1S/C28H29NO4S/c1-6-33-21-13-12-18(16-20(21)28(3,4)5)24(30)22-23(26-17(2)14-15-34-26)29(27(32)25(22)31)19-10-8-7-9-11-19/h7-16,23,30H,6H2,1-5H3/b24-22-. The monoisotopic (exact) mass is 475 g/mol. The first-order chi connectivity index (χ1) is 16.1. The molecule has 0 aliphatic carbocycles. The predicted molar refractivity (Wildman–Crippen MR) is 137 cm³/mol. The number of carbonyl (C=O) groups excluding carboxylic acids is 2. The molecule has 1 aromatic heterocycles. The molecule has 0 bridgehead atoms. The number of aryl methyl sites for hydroxylation is 1. The Bertz CT molecular complexity index is 1270. The van der Waals surface area contributed by atoms with Crippen LogP contribution in [0.25, 0.3) is 5.76 Å². The summed E-state index contributed by atoms with van der Waals surface area (Å²) in [4.78, 5) is 28.9. The van der Waals surface area contributed by atoms with Crippen LogP contribution in [0.15, 0.2) is 65.6 Å². The van der Waals surface area contributed by atoms with E-state index in [1.54, 1.807) is 18.2 Å². The Labute approximate surface area is 204 Å². The van der Waals surface area contributed by atoms with Crippen molar-refractivity contribution in [2.75, 3.05) is 11.5 Å². The summed E-state index contributed by atoms with van der Waals surface area (Å²) < 4.78 is 5.81. The average molecular weight is 476 g/mol.